The van der Waals surface area contributed by atoms with Gasteiger partial charge in [-0.2, -0.15) is 4.31 Å². The standard InChI is InChI=1S/C24H22ClNO4S/c25-20-9-6-7-18(15-20)17-30-24(27)16-23-22-12-5-4-8-19(22)13-14-26(23)31(28,29)21-10-2-1-3-11-21/h1-12,15,23H,13-14,16-17H2. The van der Waals surface area contributed by atoms with Crippen molar-refractivity contribution in [1.29, 1.82) is 0 Å². The largest absolute Gasteiger partial charge is 0.461 e. The minimum absolute atomic E-state index is 0.0658. The first-order valence-electron chi connectivity index (χ1n) is 10.00. The van der Waals surface area contributed by atoms with Crippen molar-refractivity contribution in [3.8, 4) is 0 Å². The highest BCUT2D eigenvalue weighted by Gasteiger charge is 2.37. The highest BCUT2D eigenvalue weighted by molar-refractivity contribution is 7.89. The Bertz CT molecular complexity index is 1180. The van der Waals surface area contributed by atoms with Gasteiger partial charge in [-0.1, -0.05) is 66.2 Å². The summed E-state index contributed by atoms with van der Waals surface area (Å²) < 4.78 is 33.6. The highest BCUT2D eigenvalue weighted by atomic mass is 35.5. The molecule has 0 fully saturated rings. The molecule has 0 saturated carbocycles. The third-order valence-electron chi connectivity index (χ3n) is 5.36. The van der Waals surface area contributed by atoms with Crippen LogP contribution >= 0.6 is 11.6 Å². The predicted molar refractivity (Wildman–Crippen MR) is 119 cm³/mol. The SMILES string of the molecule is O=C(CC1c2ccccc2CCN1S(=O)(=O)c1ccccc1)OCc1cccc(Cl)c1. The zero-order valence-corrected chi connectivity index (χ0v) is 18.4. The van der Waals surface area contributed by atoms with Gasteiger partial charge in [0.05, 0.1) is 17.4 Å². The third-order valence-corrected chi connectivity index (χ3v) is 7.52. The monoisotopic (exact) mass is 455 g/mol. The average Bonchev–Trinajstić information content (AvgIpc) is 2.78. The second kappa shape index (κ2) is 9.22. The van der Waals surface area contributed by atoms with E-state index in [4.69, 9.17) is 16.3 Å². The molecule has 0 radical (unpaired) electrons. The van der Waals surface area contributed by atoms with E-state index in [0.29, 0.717) is 18.0 Å². The lowest BCUT2D eigenvalue weighted by Crippen LogP contribution is -2.41. The number of carbonyl (C=O) groups is 1. The fraction of sp³-hybridized carbons (Fsp3) is 0.208. The summed E-state index contributed by atoms with van der Waals surface area (Å²) in [7, 11) is -3.76. The Balaban J connectivity index is 1.59. The topological polar surface area (TPSA) is 63.7 Å². The van der Waals surface area contributed by atoms with Gasteiger partial charge in [0, 0.05) is 11.6 Å². The molecule has 1 heterocycles. The summed E-state index contributed by atoms with van der Waals surface area (Å²) in [5, 5.41) is 0.565. The van der Waals surface area contributed by atoms with Gasteiger partial charge >= 0.3 is 5.97 Å². The normalized spacial score (nSPS) is 16.5. The van der Waals surface area contributed by atoms with E-state index in [1.165, 1.54) is 4.31 Å². The molecule has 3 aromatic carbocycles. The number of hydrogen-bond acceptors (Lipinski definition) is 4. The van der Waals surface area contributed by atoms with E-state index in [2.05, 4.69) is 0 Å². The molecule has 5 nitrogen and oxygen atoms in total. The van der Waals surface area contributed by atoms with Crippen LogP contribution in [0, 0.1) is 0 Å². The summed E-state index contributed by atoms with van der Waals surface area (Å²) in [4.78, 5) is 12.9. The Labute approximate surface area is 187 Å². The van der Waals surface area contributed by atoms with E-state index < -0.39 is 22.0 Å². The van der Waals surface area contributed by atoms with Crippen LogP contribution in [0.1, 0.15) is 29.2 Å². The maximum atomic E-state index is 13.4. The van der Waals surface area contributed by atoms with Crippen molar-refractivity contribution < 1.29 is 17.9 Å². The number of halogens is 1. The molecule has 0 aromatic heterocycles. The molecule has 0 bridgehead atoms. The average molecular weight is 456 g/mol. The summed E-state index contributed by atoms with van der Waals surface area (Å²) >= 11 is 5.99. The molecule has 1 unspecified atom stereocenters. The molecule has 1 atom stereocenters. The smallest absolute Gasteiger partial charge is 0.308 e. The first-order chi connectivity index (χ1) is 14.9. The number of rotatable bonds is 6. The second-order valence-electron chi connectivity index (χ2n) is 7.39. The van der Waals surface area contributed by atoms with Gasteiger partial charge < -0.3 is 4.74 Å². The van der Waals surface area contributed by atoms with Crippen LogP contribution in [0.2, 0.25) is 5.02 Å². The summed E-state index contributed by atoms with van der Waals surface area (Å²) in [5.74, 6) is -0.463. The molecule has 3 aromatic rings. The van der Waals surface area contributed by atoms with Crippen LogP contribution in [0.25, 0.3) is 0 Å². The zero-order valence-electron chi connectivity index (χ0n) is 16.8. The quantitative estimate of drug-likeness (QED) is 0.502. The van der Waals surface area contributed by atoms with Crippen LogP contribution < -0.4 is 0 Å². The van der Waals surface area contributed by atoms with Crippen molar-refractivity contribution in [2.75, 3.05) is 6.54 Å². The molecule has 1 aliphatic rings. The van der Waals surface area contributed by atoms with Crippen molar-refractivity contribution in [1.82, 2.24) is 4.31 Å². The van der Waals surface area contributed by atoms with Crippen molar-refractivity contribution in [2.24, 2.45) is 0 Å². The van der Waals surface area contributed by atoms with Gasteiger partial charge in [-0.15, -0.1) is 0 Å². The fourth-order valence-electron chi connectivity index (χ4n) is 3.86. The molecule has 0 aliphatic carbocycles. The number of fused-ring (bicyclic) bond motifs is 1. The van der Waals surface area contributed by atoms with Crippen LogP contribution in [-0.4, -0.2) is 25.2 Å². The van der Waals surface area contributed by atoms with Crippen LogP contribution in [0.4, 0.5) is 0 Å². The van der Waals surface area contributed by atoms with Gasteiger partial charge in [0.15, 0.2) is 0 Å². The number of nitrogens with zero attached hydrogens (tertiary/aromatic N) is 1. The Morgan fingerprint density at radius 3 is 2.52 bits per heavy atom. The number of benzene rings is 3. The van der Waals surface area contributed by atoms with Gasteiger partial charge in [-0.3, -0.25) is 4.79 Å². The van der Waals surface area contributed by atoms with Gasteiger partial charge in [0.1, 0.15) is 6.61 Å². The Morgan fingerprint density at radius 2 is 1.74 bits per heavy atom. The Kier molecular flexibility index (Phi) is 6.41. The van der Waals surface area contributed by atoms with Crippen LogP contribution in [0.5, 0.6) is 0 Å². The molecule has 0 saturated heterocycles. The number of esters is 1. The van der Waals surface area contributed by atoms with Crippen molar-refractivity contribution in [2.45, 2.75) is 30.4 Å². The van der Waals surface area contributed by atoms with Gasteiger partial charge in [0.25, 0.3) is 0 Å². The molecule has 0 amide bonds. The summed E-state index contributed by atoms with van der Waals surface area (Å²) in [6.45, 7) is 0.389. The van der Waals surface area contributed by atoms with Gasteiger partial charge in [-0.25, -0.2) is 8.42 Å². The van der Waals surface area contributed by atoms with E-state index in [9.17, 15) is 13.2 Å². The van der Waals surface area contributed by atoms with E-state index in [1.54, 1.807) is 48.5 Å². The second-order valence-corrected chi connectivity index (χ2v) is 9.72. The molecule has 0 spiro atoms. The van der Waals surface area contributed by atoms with Crippen LogP contribution in [0.15, 0.2) is 83.8 Å². The first kappa shape index (κ1) is 21.6. The molecule has 4 rings (SSSR count). The van der Waals surface area contributed by atoms with Gasteiger partial charge in [0.2, 0.25) is 10.0 Å². The molecule has 7 heteroatoms. The zero-order chi connectivity index (χ0) is 21.8. The summed E-state index contributed by atoms with van der Waals surface area (Å²) in [6, 6.07) is 22.4. The molecular formula is C24H22ClNO4S. The number of carbonyl (C=O) groups excluding carboxylic acids is 1. The molecule has 31 heavy (non-hydrogen) atoms. The lowest BCUT2D eigenvalue weighted by atomic mass is 9.92. The maximum absolute atomic E-state index is 13.4. The maximum Gasteiger partial charge on any atom is 0.308 e. The highest BCUT2D eigenvalue weighted by Crippen LogP contribution is 2.36. The van der Waals surface area contributed by atoms with E-state index >= 15 is 0 Å². The molecule has 0 N–H and O–H groups in total. The lowest BCUT2D eigenvalue weighted by molar-refractivity contribution is -0.146. The number of hydrogen-bond donors (Lipinski definition) is 0. The first-order valence-corrected chi connectivity index (χ1v) is 11.8. The predicted octanol–water partition coefficient (Wildman–Crippen LogP) is 4.76. The number of sulfonamides is 1. The molecule has 1 aliphatic heterocycles. The van der Waals surface area contributed by atoms with E-state index in [-0.39, 0.29) is 17.9 Å². The van der Waals surface area contributed by atoms with E-state index in [0.717, 1.165) is 16.7 Å². The third kappa shape index (κ3) is 4.82. The molecular weight excluding hydrogens is 434 g/mol. The van der Waals surface area contributed by atoms with Crippen molar-refractivity contribution >= 4 is 27.6 Å². The Morgan fingerprint density at radius 1 is 1.00 bits per heavy atom. The van der Waals surface area contributed by atoms with Crippen molar-refractivity contribution in [3.63, 3.8) is 0 Å². The van der Waals surface area contributed by atoms with E-state index in [1.807, 2.05) is 30.3 Å². The van der Waals surface area contributed by atoms with Crippen LogP contribution in [0.3, 0.4) is 0 Å². The summed E-state index contributed by atoms with van der Waals surface area (Å²) in [5.41, 5.74) is 2.67. The molecule has 160 valence electrons. The lowest BCUT2D eigenvalue weighted by Gasteiger charge is -2.36. The number of ether oxygens (including phenoxy) is 1. The van der Waals surface area contributed by atoms with Crippen LogP contribution in [-0.2, 0) is 32.6 Å². The Hall–Kier alpha value is -2.67. The summed E-state index contributed by atoms with van der Waals surface area (Å²) in [6.07, 6.45) is 0.528. The van der Waals surface area contributed by atoms with Crippen molar-refractivity contribution in [3.05, 3.63) is 101 Å². The minimum atomic E-state index is -3.76. The fourth-order valence-corrected chi connectivity index (χ4v) is 5.70. The van der Waals surface area contributed by atoms with Gasteiger partial charge in [-0.05, 0) is 47.4 Å². The minimum Gasteiger partial charge on any atom is -0.461 e.